The molecule has 0 aromatic heterocycles. The van der Waals surface area contributed by atoms with Gasteiger partial charge in [0, 0.05) is 0 Å². The van der Waals surface area contributed by atoms with Crippen LogP contribution in [-0.2, 0) is 4.57 Å². The molecule has 0 amide bonds. The van der Waals surface area contributed by atoms with Crippen LogP contribution >= 0.6 is 8.25 Å². The molecule has 3 nitrogen and oxygen atoms in total. The fourth-order valence-corrected chi connectivity index (χ4v) is 0. The second kappa shape index (κ2) is 10.8. The third-order valence-electron chi connectivity index (χ3n) is 0.333. The maximum atomic E-state index is 8.74. The quantitative estimate of drug-likeness (QED) is 0.375. The van der Waals surface area contributed by atoms with Crippen molar-refractivity contribution in [3.63, 3.8) is 0 Å². The summed E-state index contributed by atoms with van der Waals surface area (Å²) < 4.78 is 10.9. The van der Waals surface area contributed by atoms with Crippen molar-refractivity contribution in [2.24, 2.45) is 0 Å². The van der Waals surface area contributed by atoms with Gasteiger partial charge in [0.15, 0.2) is 0 Å². The van der Waals surface area contributed by atoms with E-state index in [1.165, 1.54) is 27.9 Å². The van der Waals surface area contributed by atoms with E-state index in [2.05, 4.69) is 9.40 Å². The summed E-state index contributed by atoms with van der Waals surface area (Å²) in [7, 11) is -3.13. The van der Waals surface area contributed by atoms with Crippen LogP contribution in [0, 0.1) is 0 Å². The van der Waals surface area contributed by atoms with Gasteiger partial charge in [-0.15, -0.1) is 0 Å². The molecule has 0 aromatic rings. The van der Waals surface area contributed by atoms with Crippen LogP contribution in [0.2, 0.25) is 0 Å². The Balaban J connectivity index is 0. The van der Waals surface area contributed by atoms with E-state index in [0.29, 0.717) is 0 Å². The van der Waals surface area contributed by atoms with Crippen LogP contribution < -0.4 is 0 Å². The maximum absolute atomic E-state index is 8.74. The molecule has 0 saturated heterocycles. The Kier molecular flexibility index (Phi) is 15.7. The van der Waals surface area contributed by atoms with Gasteiger partial charge in [0.2, 0.25) is 0 Å². The normalized spacial score (nSPS) is 9.25. The van der Waals surface area contributed by atoms with E-state index < -0.39 is 8.25 Å². The minimum absolute atomic E-state index is 1.21. The average molecular weight is 146 g/mol. The van der Waals surface area contributed by atoms with Crippen LogP contribution in [0.15, 0.2) is 9.40 Å². The van der Waals surface area contributed by atoms with Crippen molar-refractivity contribution in [3.05, 3.63) is 9.40 Å². The molecule has 2 N–H and O–H groups in total. The van der Waals surface area contributed by atoms with Crippen LogP contribution in [0.25, 0.3) is 0 Å². The van der Waals surface area contributed by atoms with Gasteiger partial charge >= 0.3 is 52.5 Å². The van der Waals surface area contributed by atoms with Crippen molar-refractivity contribution >= 4 is 36.2 Å². The molecule has 0 fully saturated rings. The van der Waals surface area contributed by atoms with E-state index in [9.17, 15) is 0 Å². The molecule has 0 aromatic carbocycles. The second-order valence-electron chi connectivity index (χ2n) is 0.949. The largest absolute Gasteiger partial charge is 0.326 e. The van der Waals surface area contributed by atoms with Gasteiger partial charge in [0.25, 0.3) is 0 Å². The Bertz CT molecular complexity index is 74.6. The van der Waals surface area contributed by atoms with Gasteiger partial charge in [-0.25, -0.2) is 0 Å². The second-order valence-corrected chi connectivity index (χ2v) is 2.18. The molecule has 0 aliphatic heterocycles. The number of rotatable bonds is 0. The van der Waals surface area contributed by atoms with Crippen molar-refractivity contribution in [2.45, 2.75) is 6.92 Å². The van der Waals surface area contributed by atoms with E-state index in [1.54, 1.807) is 0 Å². The summed E-state index contributed by atoms with van der Waals surface area (Å²) in [5, 5.41) is 0. The smallest absolute Gasteiger partial charge is 0.314 e. The van der Waals surface area contributed by atoms with Crippen LogP contribution in [0.4, 0.5) is 0 Å². The van der Waals surface area contributed by atoms with Crippen molar-refractivity contribution in [1.29, 1.82) is 0 Å². The first kappa shape index (κ1) is 11.7. The van der Waals surface area contributed by atoms with Crippen molar-refractivity contribution in [2.75, 3.05) is 0 Å². The van der Waals surface area contributed by atoms with E-state index in [4.69, 9.17) is 14.4 Å². The molecule has 0 saturated carbocycles. The molecule has 0 radical (unpaired) electrons. The van der Waals surface area contributed by atoms with E-state index in [1.807, 2.05) is 6.92 Å². The minimum atomic E-state index is -3.13. The summed E-state index contributed by atoms with van der Waals surface area (Å²) in [5.41, 5.74) is 0. The summed E-state index contributed by atoms with van der Waals surface area (Å²) in [4.78, 5) is 14.3. The molecule has 5 heteroatoms. The first-order valence-corrected chi connectivity index (χ1v) is 4.60. The molecule has 0 unspecified atom stereocenters. The van der Waals surface area contributed by atoms with Crippen molar-refractivity contribution in [3.8, 4) is 0 Å². The molecule has 44 valence electrons. The van der Waals surface area contributed by atoms with E-state index in [0.717, 1.165) is 0 Å². The summed E-state index contributed by atoms with van der Waals surface area (Å²) in [5.74, 6) is 0. The zero-order valence-electron chi connectivity index (χ0n) is 4.96. The molecule has 0 rings (SSSR count). The molecule has 0 aliphatic carbocycles. The zero-order valence-corrected chi connectivity index (χ0v) is 7.96. The van der Waals surface area contributed by atoms with E-state index in [-0.39, 0.29) is 0 Å². The van der Waals surface area contributed by atoms with Gasteiger partial charge in [-0.05, 0) is 0 Å². The van der Waals surface area contributed by atoms with Gasteiger partial charge in [-0.3, -0.25) is 4.57 Å². The summed E-state index contributed by atoms with van der Waals surface area (Å²) >= 11 is 1.21. The number of hydrogen-bond acceptors (Lipinski definition) is 1. The third-order valence-corrected chi connectivity index (χ3v) is 1.00. The minimum Gasteiger partial charge on any atom is -0.326 e. The summed E-state index contributed by atoms with van der Waals surface area (Å²) in [6, 6.07) is 0. The van der Waals surface area contributed by atoms with Gasteiger partial charge in [-0.2, -0.15) is 0 Å². The molecule has 0 bridgehead atoms. The van der Waals surface area contributed by atoms with Crippen LogP contribution in [0.1, 0.15) is 6.92 Å². The monoisotopic (exact) mass is 146 g/mol. The SMILES string of the molecule is C/C=[CH]\[Na].O=[PH](O)O. The summed E-state index contributed by atoms with van der Waals surface area (Å²) in [6.07, 6.45) is 2.06. The van der Waals surface area contributed by atoms with Crippen LogP contribution in [-0.4, -0.2) is 37.7 Å². The predicted octanol–water partition coefficient (Wildman–Crippen LogP) is 0.0492. The Labute approximate surface area is 66.8 Å². The predicted molar refractivity (Wildman–Crippen MR) is 34.0 cm³/mol. The topological polar surface area (TPSA) is 57.5 Å². The number of allylic oxidation sites excluding steroid dienone is 1. The first-order chi connectivity index (χ1) is 3.65. The fraction of sp³-hybridized carbons (Fsp3) is 0.333. The zero-order chi connectivity index (χ0) is 6.99. The maximum Gasteiger partial charge on any atom is 0.314 e. The molecule has 8 heavy (non-hydrogen) atoms. The van der Waals surface area contributed by atoms with Crippen LogP contribution in [0.5, 0.6) is 0 Å². The fourth-order valence-electron chi connectivity index (χ4n) is 0. The number of hydrogen-bond donors (Lipinski definition) is 2. The van der Waals surface area contributed by atoms with Gasteiger partial charge in [0.1, 0.15) is 0 Å². The third kappa shape index (κ3) is 66.9. The van der Waals surface area contributed by atoms with Crippen molar-refractivity contribution in [1.82, 2.24) is 0 Å². The Hall–Kier alpha value is 0.890. The molecule has 0 atom stereocenters. The van der Waals surface area contributed by atoms with Gasteiger partial charge in [-0.1, -0.05) is 0 Å². The Morgan fingerprint density at radius 2 is 1.75 bits per heavy atom. The standard InChI is InChI=1S/C3H5.Na.H3O3P/c1-3-2;;1-4(2)3/h1,3H,2H3;;4H,(H2,1,2,3). The van der Waals surface area contributed by atoms with Gasteiger partial charge in [0.05, 0.1) is 0 Å². The first-order valence-electron chi connectivity index (χ1n) is 2.14. The molecular formula is C3H8NaO3P. The van der Waals surface area contributed by atoms with E-state index >= 15 is 0 Å². The Morgan fingerprint density at radius 1 is 1.62 bits per heavy atom. The Morgan fingerprint density at radius 3 is 1.75 bits per heavy atom. The van der Waals surface area contributed by atoms with Crippen LogP contribution in [0.3, 0.4) is 0 Å². The van der Waals surface area contributed by atoms with Gasteiger partial charge < -0.3 is 9.79 Å². The van der Waals surface area contributed by atoms with Crippen molar-refractivity contribution < 1.29 is 14.4 Å². The molecule has 0 aliphatic rings. The average Bonchev–Trinajstić information content (AvgIpc) is 1.65. The molecular weight excluding hydrogens is 138 g/mol. The summed E-state index contributed by atoms with van der Waals surface area (Å²) in [6.45, 7) is 2.03. The molecule has 0 spiro atoms. The molecule has 0 heterocycles.